The predicted molar refractivity (Wildman–Crippen MR) is 123 cm³/mol. The fourth-order valence-electron chi connectivity index (χ4n) is 3.83. The molecule has 0 unspecified atom stereocenters. The first-order valence-corrected chi connectivity index (χ1v) is 10.3. The first-order chi connectivity index (χ1) is 15.1. The summed E-state index contributed by atoms with van der Waals surface area (Å²) < 4.78 is 11.5. The molecule has 4 aromatic carbocycles. The quantitative estimate of drug-likeness (QED) is 0.118. The number of ether oxygens (including phenoxy) is 1. The lowest BCUT2D eigenvalue weighted by atomic mass is 10.0. The smallest absolute Gasteiger partial charge is 0.344 e. The van der Waals surface area contributed by atoms with Crippen LogP contribution in [0.25, 0.3) is 32.5 Å². The van der Waals surface area contributed by atoms with E-state index in [0.717, 1.165) is 16.3 Å². The number of esters is 1. The Hall–Kier alpha value is -3.63. The molecule has 0 N–H and O–H groups in total. The summed E-state index contributed by atoms with van der Waals surface area (Å²) in [5, 5.41) is 2.37. The van der Waals surface area contributed by atoms with Crippen LogP contribution in [0.1, 0.15) is 5.56 Å². The highest BCUT2D eigenvalue weighted by atomic mass is 35.5. The molecule has 5 heteroatoms. The van der Waals surface area contributed by atoms with Crippen LogP contribution in [-0.2, 0) is 11.2 Å². The molecule has 0 radical (unpaired) electrons. The van der Waals surface area contributed by atoms with Gasteiger partial charge in [0.15, 0.2) is 5.58 Å². The number of hydrogen-bond donors (Lipinski definition) is 0. The molecule has 0 aliphatic carbocycles. The van der Waals surface area contributed by atoms with E-state index >= 15 is 0 Å². The third-order valence-electron chi connectivity index (χ3n) is 5.30. The summed E-state index contributed by atoms with van der Waals surface area (Å²) in [5.41, 5.74) is 0.897. The van der Waals surface area contributed by atoms with Gasteiger partial charge in [-0.2, -0.15) is 0 Å². The van der Waals surface area contributed by atoms with E-state index < -0.39 is 17.0 Å². The van der Waals surface area contributed by atoms with E-state index in [1.54, 1.807) is 18.2 Å². The summed E-state index contributed by atoms with van der Waals surface area (Å²) in [7, 11) is 0. The lowest BCUT2D eigenvalue weighted by Gasteiger charge is -2.14. The van der Waals surface area contributed by atoms with E-state index in [2.05, 4.69) is 0 Å². The van der Waals surface area contributed by atoms with E-state index in [4.69, 9.17) is 20.8 Å². The molecule has 0 amide bonds. The second kappa shape index (κ2) is 7.89. The van der Waals surface area contributed by atoms with Crippen molar-refractivity contribution in [2.45, 2.75) is 11.8 Å². The molecule has 152 valence electrons. The molecule has 0 bridgehead atoms. The van der Waals surface area contributed by atoms with Gasteiger partial charge in [0, 0.05) is 10.8 Å². The number of carbonyl (C=O) groups is 1. The molecule has 5 aromatic rings. The van der Waals surface area contributed by atoms with Gasteiger partial charge in [0.2, 0.25) is 0 Å². The summed E-state index contributed by atoms with van der Waals surface area (Å²) in [5.74, 6) is -0.241. The number of hydrogen-bond acceptors (Lipinski definition) is 4. The van der Waals surface area contributed by atoms with Crippen molar-refractivity contribution in [2.24, 2.45) is 0 Å². The summed E-state index contributed by atoms with van der Waals surface area (Å²) in [6.07, 6.45) is 0.350. The van der Waals surface area contributed by atoms with Crippen molar-refractivity contribution >= 4 is 50.1 Å². The number of rotatable bonds is 4. The van der Waals surface area contributed by atoms with E-state index in [0.29, 0.717) is 33.9 Å². The van der Waals surface area contributed by atoms with Crippen LogP contribution >= 0.6 is 11.6 Å². The van der Waals surface area contributed by atoms with E-state index in [1.807, 2.05) is 66.7 Å². The Morgan fingerprint density at radius 1 is 0.871 bits per heavy atom. The van der Waals surface area contributed by atoms with Crippen molar-refractivity contribution in [3.8, 4) is 5.75 Å². The normalized spacial score (nSPS) is 12.3. The van der Waals surface area contributed by atoms with Gasteiger partial charge in [-0.3, -0.25) is 4.79 Å². The molecule has 0 saturated heterocycles. The van der Waals surface area contributed by atoms with Crippen LogP contribution in [0.4, 0.5) is 0 Å². The Morgan fingerprint density at radius 3 is 2.29 bits per heavy atom. The summed E-state index contributed by atoms with van der Waals surface area (Å²) in [4.78, 5) is 25.4. The lowest BCUT2D eigenvalue weighted by molar-refractivity contribution is -0.133. The molecule has 1 aromatic heterocycles. The Labute approximate surface area is 182 Å². The molecule has 31 heavy (non-hydrogen) atoms. The minimum Gasteiger partial charge on any atom is -0.425 e. The zero-order valence-electron chi connectivity index (χ0n) is 16.4. The van der Waals surface area contributed by atoms with Crippen molar-refractivity contribution in [2.75, 3.05) is 0 Å². The minimum absolute atomic E-state index is 0.317. The highest BCUT2D eigenvalue weighted by Crippen LogP contribution is 2.37. The molecule has 0 fully saturated rings. The predicted octanol–water partition coefficient (Wildman–Crippen LogP) is 5.85. The number of halogens is 1. The summed E-state index contributed by atoms with van der Waals surface area (Å²) >= 11 is 6.38. The van der Waals surface area contributed by atoms with Crippen LogP contribution in [0.3, 0.4) is 0 Å². The van der Waals surface area contributed by atoms with Gasteiger partial charge in [-0.15, -0.1) is 11.6 Å². The fraction of sp³-hybridized carbons (Fsp3) is 0.0769. The van der Waals surface area contributed by atoms with Gasteiger partial charge in [-0.1, -0.05) is 72.8 Å². The second-order valence-corrected chi connectivity index (χ2v) is 7.84. The average Bonchev–Trinajstić information content (AvgIpc) is 2.80. The van der Waals surface area contributed by atoms with Gasteiger partial charge in [0.05, 0.1) is 10.8 Å². The first kappa shape index (κ1) is 19.3. The average molecular weight is 429 g/mol. The van der Waals surface area contributed by atoms with Crippen molar-refractivity contribution in [3.05, 3.63) is 101 Å². The van der Waals surface area contributed by atoms with Gasteiger partial charge < -0.3 is 9.15 Å². The highest BCUT2D eigenvalue weighted by Gasteiger charge is 2.22. The fourth-order valence-corrected chi connectivity index (χ4v) is 4.06. The standard InChI is InChI=1S/C26H17ClO4/c27-21(14-16-8-2-1-3-9-16)26(29)30-22-15-17-10-4-5-11-18(17)24-23(22)19-12-6-7-13-20(19)25(28)31-24/h1-13,15,21H,14H2/t21-/m0/s1. The van der Waals surface area contributed by atoms with Gasteiger partial charge in [0.25, 0.3) is 0 Å². The van der Waals surface area contributed by atoms with Gasteiger partial charge in [0.1, 0.15) is 11.1 Å². The summed E-state index contributed by atoms with van der Waals surface area (Å²) in [6, 6.07) is 25.9. The molecule has 0 aliphatic rings. The number of alkyl halides is 1. The van der Waals surface area contributed by atoms with Crippen LogP contribution in [0, 0.1) is 0 Å². The van der Waals surface area contributed by atoms with Gasteiger partial charge >= 0.3 is 11.6 Å². The zero-order chi connectivity index (χ0) is 21.4. The Bertz CT molecular complexity index is 1490. The zero-order valence-corrected chi connectivity index (χ0v) is 17.1. The van der Waals surface area contributed by atoms with Crippen LogP contribution < -0.4 is 10.4 Å². The maximum atomic E-state index is 12.9. The molecule has 0 saturated carbocycles. The monoisotopic (exact) mass is 428 g/mol. The number of carbonyl (C=O) groups excluding carboxylic acids is 1. The molecule has 1 heterocycles. The maximum Gasteiger partial charge on any atom is 0.344 e. The van der Waals surface area contributed by atoms with Crippen LogP contribution in [0.15, 0.2) is 94.1 Å². The maximum absolute atomic E-state index is 12.9. The van der Waals surface area contributed by atoms with E-state index in [1.165, 1.54) is 0 Å². The van der Waals surface area contributed by atoms with E-state index in [-0.39, 0.29) is 0 Å². The molecular formula is C26H17ClO4. The Balaban J connectivity index is 1.66. The molecule has 4 nitrogen and oxygen atoms in total. The molecule has 0 spiro atoms. The van der Waals surface area contributed by atoms with Crippen molar-refractivity contribution < 1.29 is 13.9 Å². The second-order valence-electron chi connectivity index (χ2n) is 7.31. The molecule has 0 aliphatic heterocycles. The third-order valence-corrected chi connectivity index (χ3v) is 5.63. The number of benzene rings is 4. The Kier molecular flexibility index (Phi) is 4.92. The van der Waals surface area contributed by atoms with Gasteiger partial charge in [-0.05, 0) is 29.5 Å². The Morgan fingerprint density at radius 2 is 1.52 bits per heavy atom. The van der Waals surface area contributed by atoms with Crippen molar-refractivity contribution in [1.82, 2.24) is 0 Å². The number of fused-ring (bicyclic) bond motifs is 5. The first-order valence-electron chi connectivity index (χ1n) is 9.89. The van der Waals surface area contributed by atoms with Crippen molar-refractivity contribution in [1.29, 1.82) is 0 Å². The van der Waals surface area contributed by atoms with Crippen LogP contribution in [0.5, 0.6) is 5.75 Å². The van der Waals surface area contributed by atoms with E-state index in [9.17, 15) is 9.59 Å². The minimum atomic E-state index is -0.856. The largest absolute Gasteiger partial charge is 0.425 e. The molecule has 1 atom stereocenters. The van der Waals surface area contributed by atoms with Crippen molar-refractivity contribution in [3.63, 3.8) is 0 Å². The molecular weight excluding hydrogens is 412 g/mol. The summed E-state index contributed by atoms with van der Waals surface area (Å²) in [6.45, 7) is 0. The van der Waals surface area contributed by atoms with Gasteiger partial charge in [-0.25, -0.2) is 4.79 Å². The highest BCUT2D eigenvalue weighted by molar-refractivity contribution is 6.30. The SMILES string of the molecule is O=C(Oc1cc2ccccc2c2oc(=O)c3ccccc3c12)[C@@H](Cl)Cc1ccccc1. The topological polar surface area (TPSA) is 56.5 Å². The lowest BCUT2D eigenvalue weighted by Crippen LogP contribution is -2.23. The third kappa shape index (κ3) is 3.56. The van der Waals surface area contributed by atoms with Crippen LogP contribution in [0.2, 0.25) is 0 Å². The molecule has 5 rings (SSSR count). The van der Waals surface area contributed by atoms with Crippen LogP contribution in [-0.4, -0.2) is 11.3 Å².